The third-order valence-corrected chi connectivity index (χ3v) is 6.36. The number of benzene rings is 1. The molecule has 1 atom stereocenters. The minimum absolute atomic E-state index is 0.0256. The maximum absolute atomic E-state index is 12.8. The Kier molecular flexibility index (Phi) is 8.11. The van der Waals surface area contributed by atoms with Gasteiger partial charge in [0.25, 0.3) is 5.91 Å². The Labute approximate surface area is 177 Å². The quantitative estimate of drug-likeness (QED) is 0.633. The molecule has 1 unspecified atom stereocenters. The van der Waals surface area contributed by atoms with Gasteiger partial charge in [0.15, 0.2) is 0 Å². The smallest absolute Gasteiger partial charge is 0.252 e. The van der Waals surface area contributed by atoms with Gasteiger partial charge in [0.1, 0.15) is 0 Å². The van der Waals surface area contributed by atoms with E-state index in [1.807, 2.05) is 43.3 Å². The third-order valence-electron chi connectivity index (χ3n) is 5.28. The Morgan fingerprint density at radius 2 is 1.86 bits per heavy atom. The lowest BCUT2D eigenvalue weighted by Gasteiger charge is -2.21. The molecule has 0 spiro atoms. The summed E-state index contributed by atoms with van der Waals surface area (Å²) in [4.78, 5) is 30.1. The van der Waals surface area contributed by atoms with Crippen LogP contribution in [0.3, 0.4) is 0 Å². The molecule has 1 fully saturated rings. The summed E-state index contributed by atoms with van der Waals surface area (Å²) in [6, 6.07) is 12.9. The van der Waals surface area contributed by atoms with Crippen molar-refractivity contribution in [3.8, 4) is 0 Å². The standard InChI is InChI=1S/C23H29N3O2S/c1-17(20-12-7-8-14-24-20)26-23(28)19-11-5-6-13-21(19)29-16-22(27)25-15-18-9-3-2-4-10-18/h5-8,11-14,17-18H,2-4,9-10,15-16H2,1H3,(H,25,27)(H,26,28). The number of nitrogens with one attached hydrogen (secondary N) is 2. The summed E-state index contributed by atoms with van der Waals surface area (Å²) in [5.41, 5.74) is 1.40. The summed E-state index contributed by atoms with van der Waals surface area (Å²) in [7, 11) is 0. The highest BCUT2D eigenvalue weighted by molar-refractivity contribution is 8.00. The molecule has 2 amide bonds. The van der Waals surface area contributed by atoms with Gasteiger partial charge < -0.3 is 10.6 Å². The van der Waals surface area contributed by atoms with Gasteiger partial charge in [-0.05, 0) is 49.9 Å². The number of carbonyl (C=O) groups excluding carboxylic acids is 2. The summed E-state index contributed by atoms with van der Waals surface area (Å²) in [5.74, 6) is 0.794. The van der Waals surface area contributed by atoms with Crippen molar-refractivity contribution in [2.45, 2.75) is 50.0 Å². The molecule has 1 aliphatic carbocycles. The molecule has 6 heteroatoms. The van der Waals surface area contributed by atoms with Crippen LogP contribution in [0.5, 0.6) is 0 Å². The van der Waals surface area contributed by atoms with Gasteiger partial charge in [-0.25, -0.2) is 0 Å². The molecule has 0 aliphatic heterocycles. The minimum Gasteiger partial charge on any atom is -0.355 e. The van der Waals surface area contributed by atoms with Crippen molar-refractivity contribution < 1.29 is 9.59 Å². The first kappa shape index (κ1) is 21.4. The van der Waals surface area contributed by atoms with Crippen molar-refractivity contribution in [3.05, 3.63) is 59.9 Å². The molecule has 5 nitrogen and oxygen atoms in total. The van der Waals surface area contributed by atoms with Gasteiger partial charge in [0, 0.05) is 17.6 Å². The van der Waals surface area contributed by atoms with Gasteiger partial charge in [-0.15, -0.1) is 11.8 Å². The molecule has 3 rings (SSSR count). The van der Waals surface area contributed by atoms with Crippen LogP contribution in [0.25, 0.3) is 0 Å². The molecule has 154 valence electrons. The molecule has 1 heterocycles. The van der Waals surface area contributed by atoms with Crippen LogP contribution in [0.15, 0.2) is 53.6 Å². The number of hydrogen-bond donors (Lipinski definition) is 2. The molecule has 1 aromatic heterocycles. The molecule has 2 aromatic rings. The van der Waals surface area contributed by atoms with Gasteiger partial charge >= 0.3 is 0 Å². The van der Waals surface area contributed by atoms with E-state index >= 15 is 0 Å². The van der Waals surface area contributed by atoms with Gasteiger partial charge in [-0.3, -0.25) is 14.6 Å². The minimum atomic E-state index is -0.194. The van der Waals surface area contributed by atoms with Crippen LogP contribution in [0.4, 0.5) is 0 Å². The molecule has 0 saturated heterocycles. The van der Waals surface area contributed by atoms with Crippen molar-refractivity contribution >= 4 is 23.6 Å². The zero-order chi connectivity index (χ0) is 20.5. The van der Waals surface area contributed by atoms with E-state index in [0.29, 0.717) is 17.2 Å². The number of aromatic nitrogens is 1. The number of nitrogens with zero attached hydrogens (tertiary/aromatic N) is 1. The van der Waals surface area contributed by atoms with E-state index in [0.717, 1.165) is 17.1 Å². The fourth-order valence-electron chi connectivity index (χ4n) is 3.60. The van der Waals surface area contributed by atoms with Crippen LogP contribution in [0, 0.1) is 5.92 Å². The Hall–Kier alpha value is -2.34. The van der Waals surface area contributed by atoms with Crippen LogP contribution < -0.4 is 10.6 Å². The SMILES string of the molecule is CC(NC(=O)c1ccccc1SCC(=O)NCC1CCCCC1)c1ccccn1. The third kappa shape index (κ3) is 6.60. The van der Waals surface area contributed by atoms with E-state index in [4.69, 9.17) is 0 Å². The Morgan fingerprint density at radius 3 is 2.62 bits per heavy atom. The highest BCUT2D eigenvalue weighted by atomic mass is 32.2. The van der Waals surface area contributed by atoms with E-state index in [2.05, 4.69) is 15.6 Å². The molecule has 2 N–H and O–H groups in total. The van der Waals surface area contributed by atoms with Crippen LogP contribution in [0.1, 0.15) is 61.1 Å². The molecule has 0 radical (unpaired) electrons. The highest BCUT2D eigenvalue weighted by Gasteiger charge is 2.17. The topological polar surface area (TPSA) is 71.1 Å². The van der Waals surface area contributed by atoms with Gasteiger partial charge in [0.05, 0.1) is 23.1 Å². The van der Waals surface area contributed by atoms with E-state index in [1.165, 1.54) is 43.9 Å². The number of thioether (sulfide) groups is 1. The van der Waals surface area contributed by atoms with Crippen molar-refractivity contribution in [2.75, 3.05) is 12.3 Å². The Morgan fingerprint density at radius 1 is 1.10 bits per heavy atom. The average Bonchev–Trinajstić information content (AvgIpc) is 2.77. The summed E-state index contributed by atoms with van der Waals surface area (Å²) in [6.07, 6.45) is 8.00. The van der Waals surface area contributed by atoms with Gasteiger partial charge in [-0.1, -0.05) is 37.5 Å². The zero-order valence-corrected chi connectivity index (χ0v) is 17.7. The molecule has 1 aliphatic rings. The van der Waals surface area contributed by atoms with Gasteiger partial charge in [-0.2, -0.15) is 0 Å². The number of rotatable bonds is 8. The van der Waals surface area contributed by atoms with Crippen LogP contribution >= 0.6 is 11.8 Å². The second-order valence-corrected chi connectivity index (χ2v) is 8.56. The fourth-order valence-corrected chi connectivity index (χ4v) is 4.48. The molecule has 29 heavy (non-hydrogen) atoms. The summed E-state index contributed by atoms with van der Waals surface area (Å²) >= 11 is 1.40. The van der Waals surface area contributed by atoms with Crippen molar-refractivity contribution in [1.29, 1.82) is 0 Å². The highest BCUT2D eigenvalue weighted by Crippen LogP contribution is 2.24. The molecule has 1 aromatic carbocycles. The molecular weight excluding hydrogens is 382 g/mol. The van der Waals surface area contributed by atoms with Crippen LogP contribution in [-0.2, 0) is 4.79 Å². The second kappa shape index (κ2) is 11.0. The maximum atomic E-state index is 12.8. The maximum Gasteiger partial charge on any atom is 0.252 e. The first-order valence-electron chi connectivity index (χ1n) is 10.3. The van der Waals surface area contributed by atoms with E-state index in [1.54, 1.807) is 12.3 Å². The molecule has 1 saturated carbocycles. The predicted octanol–water partition coefficient (Wildman–Crippen LogP) is 4.36. The average molecular weight is 412 g/mol. The lowest BCUT2D eigenvalue weighted by Crippen LogP contribution is -2.31. The lowest BCUT2D eigenvalue weighted by molar-refractivity contribution is -0.118. The van der Waals surface area contributed by atoms with Crippen LogP contribution in [0.2, 0.25) is 0 Å². The van der Waals surface area contributed by atoms with Gasteiger partial charge in [0.2, 0.25) is 5.91 Å². The second-order valence-electron chi connectivity index (χ2n) is 7.54. The molecular formula is C23H29N3O2S. The van der Waals surface area contributed by atoms with Crippen molar-refractivity contribution in [3.63, 3.8) is 0 Å². The van der Waals surface area contributed by atoms with E-state index in [-0.39, 0.29) is 17.9 Å². The number of pyridine rings is 1. The van der Waals surface area contributed by atoms with Crippen molar-refractivity contribution in [2.24, 2.45) is 5.92 Å². The monoisotopic (exact) mass is 411 g/mol. The predicted molar refractivity (Wildman–Crippen MR) is 117 cm³/mol. The first-order chi connectivity index (χ1) is 14.1. The fraction of sp³-hybridized carbons (Fsp3) is 0.435. The molecule has 0 bridgehead atoms. The van der Waals surface area contributed by atoms with Crippen LogP contribution in [-0.4, -0.2) is 29.1 Å². The summed E-state index contributed by atoms with van der Waals surface area (Å²) in [5, 5.41) is 6.05. The first-order valence-corrected chi connectivity index (χ1v) is 11.3. The Balaban J connectivity index is 1.52. The lowest BCUT2D eigenvalue weighted by atomic mass is 9.89. The number of carbonyl (C=O) groups is 2. The van der Waals surface area contributed by atoms with E-state index in [9.17, 15) is 9.59 Å². The van der Waals surface area contributed by atoms with E-state index < -0.39 is 0 Å². The zero-order valence-electron chi connectivity index (χ0n) is 16.9. The largest absolute Gasteiger partial charge is 0.355 e. The normalized spacial score (nSPS) is 15.5. The van der Waals surface area contributed by atoms with Crippen molar-refractivity contribution in [1.82, 2.24) is 15.6 Å². The summed E-state index contributed by atoms with van der Waals surface area (Å²) < 4.78 is 0. The Bertz CT molecular complexity index is 807. The number of amides is 2. The number of hydrogen-bond acceptors (Lipinski definition) is 4. The summed E-state index contributed by atoms with van der Waals surface area (Å²) in [6.45, 7) is 2.68.